The second-order valence-electron chi connectivity index (χ2n) is 9.53. The Morgan fingerprint density at radius 1 is 0.643 bits per heavy atom. The first-order chi connectivity index (χ1) is 13.7. The highest BCUT2D eigenvalue weighted by atomic mass is 17.3. The van der Waals surface area contributed by atoms with Crippen molar-refractivity contribution in [1.82, 2.24) is 0 Å². The maximum atomic E-state index is 6.98. The lowest BCUT2D eigenvalue weighted by molar-refractivity contribution is -0.388. The van der Waals surface area contributed by atoms with Crippen LogP contribution >= 0.6 is 0 Å². The fourth-order valence-corrected chi connectivity index (χ4v) is 6.62. The third-order valence-electron chi connectivity index (χ3n) is 7.58. The van der Waals surface area contributed by atoms with Gasteiger partial charge in [-0.25, -0.2) is 0 Å². The SMILES string of the molecule is c1ccc(CC2(Cc3ccccc3)OOC3(O2)C2CC4CC(C2)CC3C4)cc1. The Morgan fingerprint density at radius 3 is 1.64 bits per heavy atom. The third-order valence-corrected chi connectivity index (χ3v) is 7.58. The second kappa shape index (κ2) is 6.41. The zero-order valence-corrected chi connectivity index (χ0v) is 16.3. The molecule has 28 heavy (non-hydrogen) atoms. The van der Waals surface area contributed by atoms with Crippen LogP contribution < -0.4 is 0 Å². The average molecular weight is 376 g/mol. The highest BCUT2D eigenvalue weighted by Gasteiger charge is 2.66. The van der Waals surface area contributed by atoms with Gasteiger partial charge in [0, 0.05) is 24.7 Å². The summed E-state index contributed by atoms with van der Waals surface area (Å²) in [4.78, 5) is 12.5. The first-order valence-electron chi connectivity index (χ1n) is 10.9. The predicted octanol–water partition coefficient (Wildman–Crippen LogP) is 5.30. The summed E-state index contributed by atoms with van der Waals surface area (Å²) in [5, 5.41) is 0. The molecule has 0 aromatic heterocycles. The van der Waals surface area contributed by atoms with E-state index >= 15 is 0 Å². The van der Waals surface area contributed by atoms with Gasteiger partial charge in [0.1, 0.15) is 0 Å². The van der Waals surface area contributed by atoms with E-state index in [1.165, 1.54) is 43.2 Å². The Bertz CT molecular complexity index is 762. The molecule has 1 saturated heterocycles. The number of ether oxygens (including phenoxy) is 1. The lowest BCUT2D eigenvalue weighted by Crippen LogP contribution is -2.59. The van der Waals surface area contributed by atoms with E-state index in [1.54, 1.807) is 0 Å². The van der Waals surface area contributed by atoms with Crippen LogP contribution in [-0.4, -0.2) is 11.6 Å². The van der Waals surface area contributed by atoms with E-state index in [0.29, 0.717) is 24.7 Å². The monoisotopic (exact) mass is 376 g/mol. The van der Waals surface area contributed by atoms with Crippen LogP contribution in [0.4, 0.5) is 0 Å². The average Bonchev–Trinajstić information content (AvgIpc) is 3.07. The molecule has 5 aliphatic rings. The number of hydrogen-bond donors (Lipinski definition) is 0. The summed E-state index contributed by atoms with van der Waals surface area (Å²) in [7, 11) is 0. The summed E-state index contributed by atoms with van der Waals surface area (Å²) in [5.41, 5.74) is 2.45. The molecule has 1 aliphatic heterocycles. The van der Waals surface area contributed by atoms with Crippen molar-refractivity contribution in [3.63, 3.8) is 0 Å². The quantitative estimate of drug-likeness (QED) is 0.678. The number of rotatable bonds is 4. The molecule has 4 bridgehead atoms. The predicted molar refractivity (Wildman–Crippen MR) is 106 cm³/mol. The van der Waals surface area contributed by atoms with Crippen LogP contribution in [0.2, 0.25) is 0 Å². The lowest BCUT2D eigenvalue weighted by Gasteiger charge is -2.57. The van der Waals surface area contributed by atoms with Gasteiger partial charge in [0.2, 0.25) is 11.6 Å². The van der Waals surface area contributed by atoms with E-state index in [9.17, 15) is 0 Å². The van der Waals surface area contributed by atoms with Gasteiger partial charge in [-0.2, -0.15) is 9.78 Å². The topological polar surface area (TPSA) is 27.7 Å². The zero-order chi connectivity index (χ0) is 18.6. The normalized spacial score (nSPS) is 37.6. The van der Waals surface area contributed by atoms with E-state index in [1.807, 2.05) is 0 Å². The third kappa shape index (κ3) is 2.75. The molecule has 146 valence electrons. The first-order valence-corrected chi connectivity index (χ1v) is 10.9. The van der Waals surface area contributed by atoms with Gasteiger partial charge in [0.25, 0.3) is 0 Å². The van der Waals surface area contributed by atoms with E-state index in [-0.39, 0.29) is 0 Å². The summed E-state index contributed by atoms with van der Waals surface area (Å²) in [6.45, 7) is 0. The minimum atomic E-state index is -0.752. The molecule has 0 N–H and O–H groups in total. The minimum Gasteiger partial charge on any atom is -0.311 e. The van der Waals surface area contributed by atoms with Gasteiger partial charge in [0.05, 0.1) is 0 Å². The number of benzene rings is 2. The Balaban J connectivity index is 1.34. The smallest absolute Gasteiger partial charge is 0.212 e. The van der Waals surface area contributed by atoms with Crippen LogP contribution in [0.15, 0.2) is 60.7 Å². The summed E-state index contributed by atoms with van der Waals surface area (Å²) in [6, 6.07) is 21.1. The van der Waals surface area contributed by atoms with Gasteiger partial charge in [-0.05, 0) is 55.1 Å². The van der Waals surface area contributed by atoms with Crippen molar-refractivity contribution in [2.24, 2.45) is 23.7 Å². The van der Waals surface area contributed by atoms with Crippen LogP contribution in [0.1, 0.15) is 43.2 Å². The fraction of sp³-hybridized carbons (Fsp3) is 0.520. The van der Waals surface area contributed by atoms with Crippen molar-refractivity contribution in [2.45, 2.75) is 56.5 Å². The van der Waals surface area contributed by atoms with E-state index < -0.39 is 11.6 Å². The molecule has 3 nitrogen and oxygen atoms in total. The largest absolute Gasteiger partial charge is 0.311 e. The van der Waals surface area contributed by atoms with Gasteiger partial charge in [-0.1, -0.05) is 60.7 Å². The lowest BCUT2D eigenvalue weighted by atomic mass is 9.53. The first kappa shape index (κ1) is 17.2. The van der Waals surface area contributed by atoms with E-state index in [2.05, 4.69) is 60.7 Å². The highest BCUT2D eigenvalue weighted by molar-refractivity contribution is 5.21. The molecule has 7 rings (SSSR count). The summed E-state index contributed by atoms with van der Waals surface area (Å²) >= 11 is 0. The van der Waals surface area contributed by atoms with Gasteiger partial charge in [-0.15, -0.1) is 0 Å². The highest BCUT2D eigenvalue weighted by Crippen LogP contribution is 2.63. The Labute approximate surface area is 166 Å². The molecule has 0 radical (unpaired) electrons. The van der Waals surface area contributed by atoms with E-state index in [0.717, 1.165) is 11.8 Å². The molecular weight excluding hydrogens is 348 g/mol. The van der Waals surface area contributed by atoms with Crippen molar-refractivity contribution < 1.29 is 14.5 Å². The molecule has 0 atom stereocenters. The van der Waals surface area contributed by atoms with Gasteiger partial charge >= 0.3 is 0 Å². The van der Waals surface area contributed by atoms with Gasteiger partial charge in [-0.3, -0.25) is 0 Å². The molecule has 2 aromatic carbocycles. The fourth-order valence-electron chi connectivity index (χ4n) is 6.62. The molecule has 0 unspecified atom stereocenters. The second-order valence-corrected chi connectivity index (χ2v) is 9.53. The van der Waals surface area contributed by atoms with E-state index in [4.69, 9.17) is 14.5 Å². The van der Waals surface area contributed by atoms with Crippen LogP contribution in [0, 0.1) is 23.7 Å². The molecule has 1 spiro atoms. The zero-order valence-electron chi connectivity index (χ0n) is 16.3. The molecule has 5 fully saturated rings. The van der Waals surface area contributed by atoms with Crippen molar-refractivity contribution in [2.75, 3.05) is 0 Å². The van der Waals surface area contributed by atoms with Crippen molar-refractivity contribution >= 4 is 0 Å². The molecule has 1 heterocycles. The van der Waals surface area contributed by atoms with Crippen LogP contribution in [0.25, 0.3) is 0 Å². The van der Waals surface area contributed by atoms with Gasteiger partial charge in [0.15, 0.2) is 0 Å². The Hall–Kier alpha value is -1.68. The van der Waals surface area contributed by atoms with Crippen molar-refractivity contribution in [3.8, 4) is 0 Å². The molecular formula is C25H28O3. The van der Waals surface area contributed by atoms with Crippen LogP contribution in [0.3, 0.4) is 0 Å². The molecule has 4 aliphatic carbocycles. The minimum absolute atomic E-state index is 0.483. The molecule has 0 amide bonds. The maximum absolute atomic E-state index is 6.98. The molecule has 2 aromatic rings. The van der Waals surface area contributed by atoms with Crippen molar-refractivity contribution in [3.05, 3.63) is 71.8 Å². The summed E-state index contributed by atoms with van der Waals surface area (Å²) in [5.74, 6) is 1.43. The molecule has 4 saturated carbocycles. The molecule has 3 heteroatoms. The Kier molecular flexibility index (Phi) is 3.94. The number of hydrogen-bond acceptors (Lipinski definition) is 3. The van der Waals surface area contributed by atoms with Crippen molar-refractivity contribution in [1.29, 1.82) is 0 Å². The summed E-state index contributed by atoms with van der Waals surface area (Å²) in [6.07, 6.45) is 7.79. The standard InChI is InChI=1S/C25H28O3/c1-3-7-18(8-4-1)16-24(17-19-9-5-2-6-10-19)26-25(28-27-24)22-12-20-11-21(14-22)15-23(25)13-20/h1-10,20-23H,11-17H2. The summed E-state index contributed by atoms with van der Waals surface area (Å²) < 4.78 is 6.98. The van der Waals surface area contributed by atoms with Crippen LogP contribution in [0.5, 0.6) is 0 Å². The Morgan fingerprint density at radius 2 is 1.14 bits per heavy atom. The van der Waals surface area contributed by atoms with Gasteiger partial charge < -0.3 is 4.74 Å². The maximum Gasteiger partial charge on any atom is 0.212 e. The van der Waals surface area contributed by atoms with Crippen LogP contribution in [-0.2, 0) is 27.4 Å².